The van der Waals surface area contributed by atoms with Crippen LogP contribution in [0.1, 0.15) is 15.9 Å². The van der Waals surface area contributed by atoms with Crippen LogP contribution in [0, 0.1) is 11.3 Å². The number of ether oxygens (including phenoxy) is 1. The Balaban J connectivity index is 2.19. The van der Waals surface area contributed by atoms with Crippen molar-refractivity contribution in [2.45, 2.75) is 6.18 Å². The van der Waals surface area contributed by atoms with Crippen LogP contribution in [0.5, 0.6) is 5.75 Å². The Bertz CT molecular complexity index is 848. The van der Waals surface area contributed by atoms with Gasteiger partial charge in [0.05, 0.1) is 16.1 Å². The van der Waals surface area contributed by atoms with E-state index in [0.29, 0.717) is 5.02 Å². The van der Waals surface area contributed by atoms with Gasteiger partial charge in [0, 0.05) is 10.7 Å². The first kappa shape index (κ1) is 18.9. The standard InChI is InChI=1S/C16H9Cl2F3N2O2/c17-10-1-3-13(18)12(6-10)15(24)23-11-2-4-14(9(5-11)7-22)25-8-16(19,20)21/h1-6H,8H2,(H,23,24). The van der Waals surface area contributed by atoms with Crippen molar-refractivity contribution in [2.75, 3.05) is 11.9 Å². The molecule has 0 aliphatic heterocycles. The van der Waals surface area contributed by atoms with Crippen molar-refractivity contribution in [1.29, 1.82) is 5.26 Å². The van der Waals surface area contributed by atoms with Crippen LogP contribution in [0.3, 0.4) is 0 Å². The van der Waals surface area contributed by atoms with Crippen molar-refractivity contribution in [1.82, 2.24) is 0 Å². The second-order valence-corrected chi connectivity index (χ2v) is 5.65. The Morgan fingerprint density at radius 3 is 2.56 bits per heavy atom. The van der Waals surface area contributed by atoms with Crippen LogP contribution < -0.4 is 10.1 Å². The summed E-state index contributed by atoms with van der Waals surface area (Å²) in [6, 6.07) is 9.72. The first-order valence-electron chi connectivity index (χ1n) is 6.70. The maximum Gasteiger partial charge on any atom is 0.422 e. The van der Waals surface area contributed by atoms with Gasteiger partial charge in [-0.15, -0.1) is 0 Å². The van der Waals surface area contributed by atoms with Gasteiger partial charge in [-0.25, -0.2) is 0 Å². The Morgan fingerprint density at radius 1 is 1.20 bits per heavy atom. The van der Waals surface area contributed by atoms with E-state index in [2.05, 4.69) is 10.1 Å². The van der Waals surface area contributed by atoms with Gasteiger partial charge >= 0.3 is 6.18 Å². The van der Waals surface area contributed by atoms with Gasteiger partial charge in [-0.2, -0.15) is 18.4 Å². The van der Waals surface area contributed by atoms with E-state index in [1.807, 2.05) is 0 Å². The average Bonchev–Trinajstić information content (AvgIpc) is 2.54. The molecule has 25 heavy (non-hydrogen) atoms. The summed E-state index contributed by atoms with van der Waals surface area (Å²) >= 11 is 11.7. The zero-order valence-corrected chi connectivity index (χ0v) is 13.8. The summed E-state index contributed by atoms with van der Waals surface area (Å²) in [7, 11) is 0. The lowest BCUT2D eigenvalue weighted by Gasteiger charge is -2.12. The number of hydrogen-bond acceptors (Lipinski definition) is 3. The molecule has 2 aromatic rings. The molecule has 1 amide bonds. The lowest BCUT2D eigenvalue weighted by molar-refractivity contribution is -0.153. The molecule has 0 saturated heterocycles. The fourth-order valence-electron chi connectivity index (χ4n) is 1.85. The van der Waals surface area contributed by atoms with Gasteiger partial charge in [-0.3, -0.25) is 4.79 Å². The highest BCUT2D eigenvalue weighted by Crippen LogP contribution is 2.26. The molecule has 0 bridgehead atoms. The Morgan fingerprint density at radius 2 is 1.92 bits per heavy atom. The number of nitriles is 1. The average molecular weight is 389 g/mol. The van der Waals surface area contributed by atoms with Gasteiger partial charge in [0.2, 0.25) is 0 Å². The van der Waals surface area contributed by atoms with E-state index < -0.39 is 18.7 Å². The number of halogens is 5. The molecule has 0 radical (unpaired) electrons. The third kappa shape index (κ3) is 5.28. The number of carbonyl (C=O) groups excluding carboxylic acids is 1. The third-order valence-corrected chi connectivity index (χ3v) is 3.49. The minimum Gasteiger partial charge on any atom is -0.483 e. The number of benzene rings is 2. The molecule has 0 aliphatic rings. The van der Waals surface area contributed by atoms with E-state index in [9.17, 15) is 18.0 Å². The Labute approximate surface area is 150 Å². The fraction of sp³-hybridized carbons (Fsp3) is 0.125. The molecule has 0 aromatic heterocycles. The van der Waals surface area contributed by atoms with Crippen LogP contribution in [0.15, 0.2) is 36.4 Å². The maximum atomic E-state index is 12.2. The summed E-state index contributed by atoms with van der Waals surface area (Å²) in [5, 5.41) is 12.0. The highest BCUT2D eigenvalue weighted by atomic mass is 35.5. The summed E-state index contributed by atoms with van der Waals surface area (Å²) < 4.78 is 41.2. The highest BCUT2D eigenvalue weighted by Gasteiger charge is 2.28. The lowest BCUT2D eigenvalue weighted by Crippen LogP contribution is -2.19. The van der Waals surface area contributed by atoms with Crippen LogP contribution in [0.2, 0.25) is 10.0 Å². The second kappa shape index (κ2) is 7.64. The van der Waals surface area contributed by atoms with Crippen LogP contribution in [0.25, 0.3) is 0 Å². The van der Waals surface area contributed by atoms with Gasteiger partial charge in [0.1, 0.15) is 11.8 Å². The zero-order chi connectivity index (χ0) is 18.6. The quantitative estimate of drug-likeness (QED) is 0.795. The van der Waals surface area contributed by atoms with Crippen molar-refractivity contribution < 1.29 is 22.7 Å². The molecule has 2 rings (SSSR count). The lowest BCUT2D eigenvalue weighted by atomic mass is 10.1. The first-order valence-corrected chi connectivity index (χ1v) is 7.45. The Kier molecular flexibility index (Phi) is 5.77. The third-order valence-electron chi connectivity index (χ3n) is 2.92. The fourth-order valence-corrected chi connectivity index (χ4v) is 2.23. The highest BCUT2D eigenvalue weighted by molar-refractivity contribution is 6.36. The topological polar surface area (TPSA) is 62.1 Å². The van der Waals surface area contributed by atoms with E-state index in [-0.39, 0.29) is 27.6 Å². The number of nitrogens with zero attached hydrogens (tertiary/aromatic N) is 1. The molecule has 0 saturated carbocycles. The SMILES string of the molecule is N#Cc1cc(NC(=O)c2cc(Cl)ccc2Cl)ccc1OCC(F)(F)F. The molecular weight excluding hydrogens is 380 g/mol. The molecule has 4 nitrogen and oxygen atoms in total. The molecule has 0 unspecified atom stereocenters. The van der Waals surface area contributed by atoms with Crippen molar-refractivity contribution in [3.05, 3.63) is 57.6 Å². The predicted molar refractivity (Wildman–Crippen MR) is 87.1 cm³/mol. The monoisotopic (exact) mass is 388 g/mol. The van der Waals surface area contributed by atoms with Crippen LogP contribution >= 0.6 is 23.2 Å². The maximum absolute atomic E-state index is 12.2. The smallest absolute Gasteiger partial charge is 0.422 e. The van der Waals surface area contributed by atoms with Gasteiger partial charge in [0.25, 0.3) is 5.91 Å². The van der Waals surface area contributed by atoms with Crippen LogP contribution in [-0.2, 0) is 0 Å². The number of hydrogen-bond donors (Lipinski definition) is 1. The zero-order valence-electron chi connectivity index (χ0n) is 12.3. The molecule has 1 N–H and O–H groups in total. The van der Waals surface area contributed by atoms with E-state index in [4.69, 9.17) is 28.5 Å². The molecule has 9 heteroatoms. The number of amides is 1. The number of anilines is 1. The van der Waals surface area contributed by atoms with Crippen LogP contribution in [-0.4, -0.2) is 18.7 Å². The minimum atomic E-state index is -4.52. The first-order chi connectivity index (χ1) is 11.7. The largest absolute Gasteiger partial charge is 0.483 e. The summed E-state index contributed by atoms with van der Waals surface area (Å²) in [6.45, 7) is -1.52. The molecule has 0 aliphatic carbocycles. The molecular formula is C16H9Cl2F3N2O2. The second-order valence-electron chi connectivity index (χ2n) is 4.80. The normalized spacial score (nSPS) is 10.9. The summed E-state index contributed by atoms with van der Waals surface area (Å²) in [5.74, 6) is -0.820. The molecule has 0 heterocycles. The number of alkyl halides is 3. The van der Waals surface area contributed by atoms with Gasteiger partial charge < -0.3 is 10.1 Å². The molecule has 130 valence electrons. The summed E-state index contributed by atoms with van der Waals surface area (Å²) in [5.41, 5.74) is 0.154. The van der Waals surface area contributed by atoms with Crippen molar-refractivity contribution in [2.24, 2.45) is 0 Å². The molecule has 0 fully saturated rings. The van der Waals surface area contributed by atoms with Gasteiger partial charge in [-0.1, -0.05) is 23.2 Å². The predicted octanol–water partition coefficient (Wildman–Crippen LogP) is 5.06. The van der Waals surface area contributed by atoms with E-state index in [1.54, 1.807) is 6.07 Å². The van der Waals surface area contributed by atoms with Crippen LogP contribution in [0.4, 0.5) is 18.9 Å². The number of carbonyl (C=O) groups is 1. The van der Waals surface area contributed by atoms with E-state index in [1.165, 1.54) is 36.4 Å². The van der Waals surface area contributed by atoms with E-state index in [0.717, 1.165) is 0 Å². The Hall–Kier alpha value is -2.43. The summed E-state index contributed by atoms with van der Waals surface area (Å²) in [6.07, 6.45) is -4.52. The van der Waals surface area contributed by atoms with Crippen molar-refractivity contribution >= 4 is 34.8 Å². The van der Waals surface area contributed by atoms with Gasteiger partial charge in [0.15, 0.2) is 6.61 Å². The molecule has 0 atom stereocenters. The van der Waals surface area contributed by atoms with Crippen molar-refractivity contribution in [3.8, 4) is 11.8 Å². The van der Waals surface area contributed by atoms with Crippen molar-refractivity contribution in [3.63, 3.8) is 0 Å². The molecule has 0 spiro atoms. The molecule has 2 aromatic carbocycles. The summed E-state index contributed by atoms with van der Waals surface area (Å²) in [4.78, 5) is 12.2. The van der Waals surface area contributed by atoms with E-state index >= 15 is 0 Å². The van der Waals surface area contributed by atoms with Gasteiger partial charge in [-0.05, 0) is 36.4 Å². The number of nitrogens with one attached hydrogen (secondary N) is 1. The minimum absolute atomic E-state index is 0.116. The number of rotatable bonds is 4.